The standard InChI is InChI=1S/C27H24N4O/c1-30-25-17-29-24-14-11-19(20-12-13-23(28-16-20)18-7-3-2-4-8-18)15-22(24)26(25)31(27(30)32)21-9-5-6-10-21/h2-4,7-8,11-17,21H,5-6,9-10H2,1H3. The number of pyridine rings is 2. The lowest BCUT2D eigenvalue weighted by molar-refractivity contribution is 0.510. The first kappa shape index (κ1) is 19.0. The molecular weight excluding hydrogens is 396 g/mol. The van der Waals surface area contributed by atoms with Gasteiger partial charge in [0.15, 0.2) is 0 Å². The van der Waals surface area contributed by atoms with Crippen LogP contribution in [0.4, 0.5) is 0 Å². The van der Waals surface area contributed by atoms with Crippen LogP contribution in [0.3, 0.4) is 0 Å². The van der Waals surface area contributed by atoms with Crippen LogP contribution in [-0.2, 0) is 7.05 Å². The molecule has 0 bridgehead atoms. The van der Waals surface area contributed by atoms with Crippen LogP contribution in [0.15, 0.2) is 77.9 Å². The van der Waals surface area contributed by atoms with E-state index in [0.29, 0.717) is 0 Å². The fraction of sp³-hybridized carbons (Fsp3) is 0.222. The van der Waals surface area contributed by atoms with Crippen molar-refractivity contribution in [3.05, 3.63) is 83.5 Å². The van der Waals surface area contributed by atoms with Crippen molar-refractivity contribution in [1.29, 1.82) is 0 Å². The molecular formula is C27H24N4O. The lowest BCUT2D eigenvalue weighted by atomic mass is 10.0. The summed E-state index contributed by atoms with van der Waals surface area (Å²) in [5, 5.41) is 1.02. The summed E-state index contributed by atoms with van der Waals surface area (Å²) in [5.74, 6) is 0. The maximum absolute atomic E-state index is 13.1. The molecule has 1 aliphatic rings. The fourth-order valence-electron chi connectivity index (χ4n) is 5.05. The zero-order chi connectivity index (χ0) is 21.7. The Hall–Kier alpha value is -3.73. The van der Waals surface area contributed by atoms with Gasteiger partial charge in [-0.05, 0) is 36.6 Å². The Morgan fingerprint density at radius 2 is 1.62 bits per heavy atom. The van der Waals surface area contributed by atoms with Crippen LogP contribution in [-0.4, -0.2) is 19.1 Å². The number of hydrogen-bond acceptors (Lipinski definition) is 3. The number of aromatic nitrogens is 4. The summed E-state index contributed by atoms with van der Waals surface area (Å²) in [6.45, 7) is 0. The quantitative estimate of drug-likeness (QED) is 0.374. The molecule has 2 aromatic carbocycles. The molecule has 6 rings (SSSR count). The molecule has 5 heteroatoms. The predicted octanol–water partition coefficient (Wildman–Crippen LogP) is 5.73. The lowest BCUT2D eigenvalue weighted by Gasteiger charge is -2.13. The monoisotopic (exact) mass is 420 g/mol. The molecule has 0 unspecified atom stereocenters. The van der Waals surface area contributed by atoms with Crippen LogP contribution in [0.25, 0.3) is 44.3 Å². The van der Waals surface area contributed by atoms with E-state index < -0.39 is 0 Å². The Bertz CT molecular complexity index is 1490. The van der Waals surface area contributed by atoms with Crippen LogP contribution in [0, 0.1) is 0 Å². The summed E-state index contributed by atoms with van der Waals surface area (Å²) in [7, 11) is 1.85. The van der Waals surface area contributed by atoms with Crippen molar-refractivity contribution in [3.63, 3.8) is 0 Å². The van der Waals surface area contributed by atoms with Crippen molar-refractivity contribution in [1.82, 2.24) is 19.1 Å². The molecule has 0 atom stereocenters. The van der Waals surface area contributed by atoms with Crippen LogP contribution in [0.2, 0.25) is 0 Å². The van der Waals surface area contributed by atoms with E-state index in [2.05, 4.69) is 41.4 Å². The van der Waals surface area contributed by atoms with E-state index in [1.54, 1.807) is 4.57 Å². The van der Waals surface area contributed by atoms with Gasteiger partial charge in [-0.1, -0.05) is 55.3 Å². The number of hydrogen-bond donors (Lipinski definition) is 0. The van der Waals surface area contributed by atoms with E-state index >= 15 is 0 Å². The van der Waals surface area contributed by atoms with Crippen molar-refractivity contribution in [3.8, 4) is 22.4 Å². The zero-order valence-electron chi connectivity index (χ0n) is 18.0. The average molecular weight is 421 g/mol. The molecule has 1 fully saturated rings. The van der Waals surface area contributed by atoms with Gasteiger partial charge >= 0.3 is 5.69 Å². The second-order valence-electron chi connectivity index (χ2n) is 8.67. The largest absolute Gasteiger partial charge is 0.329 e. The molecule has 0 saturated heterocycles. The first-order valence-electron chi connectivity index (χ1n) is 11.2. The van der Waals surface area contributed by atoms with Gasteiger partial charge in [0.25, 0.3) is 0 Å². The van der Waals surface area contributed by atoms with Gasteiger partial charge in [-0.25, -0.2) is 4.79 Å². The Morgan fingerprint density at radius 3 is 2.38 bits per heavy atom. The SMILES string of the molecule is Cn1c(=O)n(C2CCCC2)c2c3cc(-c4ccc(-c5ccccc5)nc4)ccc3ncc21. The highest BCUT2D eigenvalue weighted by Gasteiger charge is 2.24. The molecule has 0 spiro atoms. The zero-order valence-corrected chi connectivity index (χ0v) is 18.0. The van der Waals surface area contributed by atoms with E-state index in [1.165, 1.54) is 12.8 Å². The molecule has 0 aliphatic heterocycles. The van der Waals surface area contributed by atoms with Crippen molar-refractivity contribution in [2.45, 2.75) is 31.7 Å². The third kappa shape index (κ3) is 2.96. The second kappa shape index (κ2) is 7.45. The summed E-state index contributed by atoms with van der Waals surface area (Å²) < 4.78 is 3.76. The molecule has 1 aliphatic carbocycles. The molecule has 0 radical (unpaired) electrons. The summed E-state index contributed by atoms with van der Waals surface area (Å²) in [4.78, 5) is 22.5. The van der Waals surface area contributed by atoms with Crippen molar-refractivity contribution < 1.29 is 0 Å². The van der Waals surface area contributed by atoms with E-state index in [-0.39, 0.29) is 11.7 Å². The third-order valence-corrected chi connectivity index (χ3v) is 6.77. The van der Waals surface area contributed by atoms with Gasteiger partial charge in [-0.2, -0.15) is 0 Å². The number of benzene rings is 2. The molecule has 32 heavy (non-hydrogen) atoms. The summed E-state index contributed by atoms with van der Waals surface area (Å²) in [6, 6.07) is 20.9. The first-order valence-corrected chi connectivity index (χ1v) is 11.2. The highest BCUT2D eigenvalue weighted by Crippen LogP contribution is 2.34. The highest BCUT2D eigenvalue weighted by molar-refractivity contribution is 6.04. The van der Waals surface area contributed by atoms with Crippen molar-refractivity contribution in [2.24, 2.45) is 7.05 Å². The normalized spacial score (nSPS) is 14.5. The topological polar surface area (TPSA) is 52.7 Å². The molecule has 1 saturated carbocycles. The van der Waals surface area contributed by atoms with Gasteiger partial charge in [0, 0.05) is 35.8 Å². The van der Waals surface area contributed by atoms with Crippen LogP contribution in [0.5, 0.6) is 0 Å². The lowest BCUT2D eigenvalue weighted by Crippen LogP contribution is -2.24. The molecule has 158 valence electrons. The summed E-state index contributed by atoms with van der Waals surface area (Å²) in [6.07, 6.45) is 8.25. The van der Waals surface area contributed by atoms with Gasteiger partial charge < -0.3 is 0 Å². The Kier molecular flexibility index (Phi) is 4.42. The van der Waals surface area contributed by atoms with Crippen molar-refractivity contribution >= 4 is 21.9 Å². The average Bonchev–Trinajstić information content (AvgIpc) is 3.46. The molecule has 3 heterocycles. The van der Waals surface area contributed by atoms with E-state index in [4.69, 9.17) is 4.98 Å². The van der Waals surface area contributed by atoms with Gasteiger partial charge in [0.05, 0.1) is 28.4 Å². The van der Waals surface area contributed by atoms with Crippen LogP contribution < -0.4 is 5.69 Å². The molecule has 5 aromatic rings. The van der Waals surface area contributed by atoms with Gasteiger partial charge in [0.2, 0.25) is 0 Å². The number of fused-ring (bicyclic) bond motifs is 3. The van der Waals surface area contributed by atoms with Crippen LogP contribution >= 0.6 is 0 Å². The van der Waals surface area contributed by atoms with Crippen molar-refractivity contribution in [2.75, 3.05) is 0 Å². The van der Waals surface area contributed by atoms with E-state index in [1.807, 2.05) is 48.3 Å². The van der Waals surface area contributed by atoms with Crippen LogP contribution in [0.1, 0.15) is 31.7 Å². The van der Waals surface area contributed by atoms with Gasteiger partial charge in [-0.3, -0.25) is 19.1 Å². The fourth-order valence-corrected chi connectivity index (χ4v) is 5.05. The van der Waals surface area contributed by atoms with Gasteiger partial charge in [0.1, 0.15) is 0 Å². The highest BCUT2D eigenvalue weighted by atomic mass is 16.1. The first-order chi connectivity index (χ1) is 15.7. The molecule has 0 amide bonds. The Balaban J connectivity index is 1.51. The van der Waals surface area contributed by atoms with E-state index in [0.717, 1.165) is 57.2 Å². The van der Waals surface area contributed by atoms with Gasteiger partial charge in [-0.15, -0.1) is 0 Å². The predicted molar refractivity (Wildman–Crippen MR) is 129 cm³/mol. The number of aryl methyl sites for hydroxylation is 1. The summed E-state index contributed by atoms with van der Waals surface area (Å²) in [5.41, 5.74) is 7.05. The second-order valence-corrected chi connectivity index (χ2v) is 8.67. The Morgan fingerprint density at radius 1 is 0.844 bits per heavy atom. The maximum Gasteiger partial charge on any atom is 0.329 e. The summed E-state index contributed by atoms with van der Waals surface area (Å²) >= 11 is 0. The molecule has 0 N–H and O–H groups in total. The number of imidazole rings is 1. The number of rotatable bonds is 3. The molecule has 5 nitrogen and oxygen atoms in total. The number of nitrogens with zero attached hydrogens (tertiary/aromatic N) is 4. The minimum absolute atomic E-state index is 0.0560. The van der Waals surface area contributed by atoms with E-state index in [9.17, 15) is 4.79 Å². The smallest absolute Gasteiger partial charge is 0.293 e. The molecule has 3 aromatic heterocycles. The minimum Gasteiger partial charge on any atom is -0.293 e. The Labute approximate surface area is 186 Å². The minimum atomic E-state index is 0.0560. The third-order valence-electron chi connectivity index (χ3n) is 6.77. The maximum atomic E-state index is 13.1.